The summed E-state index contributed by atoms with van der Waals surface area (Å²) in [6, 6.07) is -1.18. The summed E-state index contributed by atoms with van der Waals surface area (Å²) >= 11 is 13.7. The van der Waals surface area contributed by atoms with Crippen LogP contribution in [0.2, 0.25) is 0 Å². The van der Waals surface area contributed by atoms with Crippen molar-refractivity contribution in [2.45, 2.75) is 104 Å². The maximum absolute atomic E-state index is 12.9. The Balaban J connectivity index is 0.931. The normalized spacial score (nSPS) is 17.3. The molecule has 4 amide bonds. The van der Waals surface area contributed by atoms with Crippen LogP contribution in [-0.2, 0) is 28.7 Å². The first-order chi connectivity index (χ1) is 28.1. The van der Waals surface area contributed by atoms with Crippen molar-refractivity contribution < 1.29 is 28.7 Å². The highest BCUT2D eigenvalue weighted by Crippen LogP contribution is 2.54. The summed E-state index contributed by atoms with van der Waals surface area (Å²) in [6.45, 7) is 9.53. The molecule has 2 atom stereocenters. The molecular formula is C40H58N4O6S8. The van der Waals surface area contributed by atoms with Gasteiger partial charge in [-0.25, -0.2) is 0 Å². The van der Waals surface area contributed by atoms with Crippen LogP contribution >= 0.6 is 94.1 Å². The van der Waals surface area contributed by atoms with Gasteiger partial charge in [0.15, 0.2) is 0 Å². The highest BCUT2D eigenvalue weighted by atomic mass is 32.2. The lowest BCUT2D eigenvalue weighted by Crippen LogP contribution is -2.50. The fourth-order valence-electron chi connectivity index (χ4n) is 5.78. The van der Waals surface area contributed by atoms with E-state index >= 15 is 0 Å². The van der Waals surface area contributed by atoms with Gasteiger partial charge in [-0.1, -0.05) is 173 Å². The number of carbonyl (C=O) groups excluding carboxylic acids is 4. The van der Waals surface area contributed by atoms with E-state index in [9.17, 15) is 19.2 Å². The molecule has 10 nitrogen and oxygen atoms in total. The molecule has 4 aliphatic heterocycles. The lowest BCUT2D eigenvalue weighted by atomic mass is 10.0. The van der Waals surface area contributed by atoms with E-state index < -0.39 is 12.1 Å². The van der Waals surface area contributed by atoms with Crippen LogP contribution in [0.15, 0.2) is 59.2 Å². The van der Waals surface area contributed by atoms with Crippen LogP contribution in [0.25, 0.3) is 0 Å². The van der Waals surface area contributed by atoms with Crippen LogP contribution in [0, 0.1) is 11.8 Å². The van der Waals surface area contributed by atoms with Crippen LogP contribution in [0.3, 0.4) is 0 Å². The zero-order valence-corrected chi connectivity index (χ0v) is 40.3. The quantitative estimate of drug-likeness (QED) is 0.0582. The number of hydrogen-bond donors (Lipinski definition) is 4. The zero-order valence-electron chi connectivity index (χ0n) is 33.8. The lowest BCUT2D eigenvalue weighted by Gasteiger charge is -2.21. The minimum Gasteiger partial charge on any atom is -0.366 e. The third kappa shape index (κ3) is 19.0. The van der Waals surface area contributed by atoms with Crippen molar-refractivity contribution in [3.05, 3.63) is 59.2 Å². The molecule has 0 aromatic rings. The SMILES string of the molecule is CC(C)C(NC(=O)COCC1=CSC(=C2SC=CS2)S1)C(=O)NCCCCCCCCCCCCNC(=O)C(NC(=O)COCC1=CSC(=C2SC=CS2)S1)C(C)C. The zero-order chi connectivity index (χ0) is 41.5. The Hall–Kier alpha value is -0.960. The maximum Gasteiger partial charge on any atom is 0.246 e. The molecule has 4 N–H and O–H groups in total. The van der Waals surface area contributed by atoms with Crippen LogP contribution in [0.1, 0.15) is 91.9 Å². The molecule has 0 aromatic carbocycles. The van der Waals surface area contributed by atoms with Gasteiger partial charge in [0.05, 0.1) is 30.2 Å². The topological polar surface area (TPSA) is 135 Å². The summed E-state index contributed by atoms with van der Waals surface area (Å²) in [5.74, 6) is -0.925. The second-order valence-corrected chi connectivity index (χ2v) is 23.2. The van der Waals surface area contributed by atoms with E-state index in [0.717, 1.165) is 48.3 Å². The van der Waals surface area contributed by atoms with Crippen molar-refractivity contribution in [2.24, 2.45) is 11.8 Å². The van der Waals surface area contributed by atoms with Gasteiger partial charge >= 0.3 is 0 Å². The summed E-state index contributed by atoms with van der Waals surface area (Å²) in [7, 11) is 0. The number of hydrogen-bond acceptors (Lipinski definition) is 14. The second kappa shape index (κ2) is 28.6. The monoisotopic (exact) mass is 946 g/mol. The van der Waals surface area contributed by atoms with Crippen LogP contribution < -0.4 is 21.3 Å². The molecule has 0 saturated carbocycles. The standard InChI is InChI=1S/C40H58N4O6S8/c1-27(2)33(43-31(45)23-49-21-29-25-55-39(57-29)37-51-17-18-52-37)35(47)41-15-13-11-9-7-5-6-8-10-12-14-16-42-36(48)34(28(3)4)44-32(46)24-50-22-30-26-56-40(58-30)38-53-19-20-54-38/h17-20,25-28,33-34H,5-16,21-24H2,1-4H3,(H,41,47)(H,42,48)(H,43,45)(H,44,46). The van der Waals surface area contributed by atoms with Crippen LogP contribution in [0.5, 0.6) is 0 Å². The molecule has 18 heteroatoms. The van der Waals surface area contributed by atoms with Crippen molar-refractivity contribution in [3.63, 3.8) is 0 Å². The Kier molecular flexibility index (Phi) is 24.5. The predicted octanol–water partition coefficient (Wildman–Crippen LogP) is 10.2. The van der Waals surface area contributed by atoms with Gasteiger partial charge in [0.25, 0.3) is 0 Å². The Labute approximate surface area is 379 Å². The van der Waals surface area contributed by atoms with E-state index in [2.05, 4.69) is 53.7 Å². The molecular weight excluding hydrogens is 889 g/mol. The summed E-state index contributed by atoms with van der Waals surface area (Å²) in [6.07, 6.45) is 11.0. The summed E-state index contributed by atoms with van der Waals surface area (Å²) in [5, 5.41) is 24.2. The van der Waals surface area contributed by atoms with Gasteiger partial charge < -0.3 is 30.7 Å². The molecule has 4 rings (SSSR count). The Morgan fingerprint density at radius 1 is 0.500 bits per heavy atom. The fraction of sp³-hybridized carbons (Fsp3) is 0.600. The Morgan fingerprint density at radius 2 is 0.845 bits per heavy atom. The number of thioether (sulfide) groups is 8. The Bertz CT molecular complexity index is 1450. The first-order valence-electron chi connectivity index (χ1n) is 19.9. The largest absolute Gasteiger partial charge is 0.366 e. The van der Waals surface area contributed by atoms with Gasteiger partial charge in [-0.15, -0.1) is 0 Å². The molecule has 0 aliphatic carbocycles. The third-order valence-corrected chi connectivity index (χ3v) is 19.0. The highest BCUT2D eigenvalue weighted by Gasteiger charge is 2.26. The predicted molar refractivity (Wildman–Crippen MR) is 257 cm³/mol. The van der Waals surface area contributed by atoms with Crippen molar-refractivity contribution in [2.75, 3.05) is 39.5 Å². The van der Waals surface area contributed by atoms with Gasteiger partial charge in [-0.3, -0.25) is 19.2 Å². The molecule has 0 saturated heterocycles. The van der Waals surface area contributed by atoms with Gasteiger partial charge in [-0.05, 0) is 57.1 Å². The van der Waals surface area contributed by atoms with Crippen molar-refractivity contribution in [1.82, 2.24) is 21.3 Å². The first-order valence-corrected chi connectivity index (χ1v) is 26.8. The second-order valence-electron chi connectivity index (χ2n) is 14.5. The highest BCUT2D eigenvalue weighted by molar-refractivity contribution is 8.34. The first kappa shape index (κ1) is 49.7. The Morgan fingerprint density at radius 3 is 1.19 bits per heavy atom. The van der Waals surface area contributed by atoms with E-state index in [1.165, 1.54) is 42.6 Å². The third-order valence-electron chi connectivity index (χ3n) is 8.88. The molecule has 0 bridgehead atoms. The molecule has 0 fully saturated rings. The maximum atomic E-state index is 12.9. The van der Waals surface area contributed by atoms with Crippen molar-refractivity contribution >= 4 is 118 Å². The number of unbranched alkanes of at least 4 members (excludes halogenated alkanes) is 9. The number of nitrogens with one attached hydrogen (secondary N) is 4. The molecule has 4 aliphatic rings. The lowest BCUT2D eigenvalue weighted by molar-refractivity contribution is -0.132. The fourth-order valence-corrected chi connectivity index (χ4v) is 14.6. The summed E-state index contributed by atoms with van der Waals surface area (Å²) in [4.78, 5) is 53.0. The molecule has 0 aromatic heterocycles. The number of amides is 4. The van der Waals surface area contributed by atoms with Gasteiger partial charge in [0, 0.05) is 22.9 Å². The molecule has 0 radical (unpaired) electrons. The van der Waals surface area contributed by atoms with Gasteiger partial charge in [0.2, 0.25) is 23.6 Å². The van der Waals surface area contributed by atoms with Crippen molar-refractivity contribution in [3.8, 4) is 0 Å². The van der Waals surface area contributed by atoms with Crippen LogP contribution in [0.4, 0.5) is 0 Å². The number of carbonyl (C=O) groups is 4. The van der Waals surface area contributed by atoms with E-state index in [1.807, 2.05) is 27.7 Å². The van der Waals surface area contributed by atoms with Crippen LogP contribution in [-0.4, -0.2) is 75.2 Å². The summed E-state index contributed by atoms with van der Waals surface area (Å²) < 4.78 is 16.4. The van der Waals surface area contributed by atoms with E-state index in [0.29, 0.717) is 26.3 Å². The molecule has 0 spiro atoms. The summed E-state index contributed by atoms with van der Waals surface area (Å²) in [5.41, 5.74) is 0. The minimum absolute atomic E-state index is 0.0342. The smallest absolute Gasteiger partial charge is 0.246 e. The molecule has 4 heterocycles. The van der Waals surface area contributed by atoms with E-state index in [1.54, 1.807) is 94.1 Å². The molecule has 2 unspecified atom stereocenters. The number of ether oxygens (including phenoxy) is 2. The van der Waals surface area contributed by atoms with E-state index in [4.69, 9.17) is 9.47 Å². The van der Waals surface area contributed by atoms with E-state index in [-0.39, 0.29) is 48.7 Å². The molecule has 322 valence electrons. The average molecular weight is 947 g/mol. The molecule has 58 heavy (non-hydrogen) atoms. The minimum atomic E-state index is -0.590. The van der Waals surface area contributed by atoms with Gasteiger partial charge in [0.1, 0.15) is 25.3 Å². The van der Waals surface area contributed by atoms with Crippen molar-refractivity contribution in [1.29, 1.82) is 0 Å². The number of rotatable bonds is 27. The average Bonchev–Trinajstić information content (AvgIpc) is 4.04. The van der Waals surface area contributed by atoms with Gasteiger partial charge in [-0.2, -0.15) is 0 Å².